The predicted octanol–water partition coefficient (Wildman–Crippen LogP) is 1.16. The SMILES string of the molecule is O=C(c1cnc[nH]1)N(CC1CCCCN1)C1CC1. The van der Waals surface area contributed by atoms with Crippen LogP contribution in [0.2, 0.25) is 0 Å². The summed E-state index contributed by atoms with van der Waals surface area (Å²) in [4.78, 5) is 21.3. The highest BCUT2D eigenvalue weighted by Crippen LogP contribution is 2.28. The van der Waals surface area contributed by atoms with E-state index < -0.39 is 0 Å². The zero-order valence-electron chi connectivity index (χ0n) is 10.6. The number of nitrogens with one attached hydrogen (secondary N) is 2. The Morgan fingerprint density at radius 1 is 1.39 bits per heavy atom. The van der Waals surface area contributed by atoms with Gasteiger partial charge in [-0.1, -0.05) is 6.42 Å². The number of imidazole rings is 1. The van der Waals surface area contributed by atoms with Crippen LogP contribution in [0.1, 0.15) is 42.6 Å². The molecule has 2 aliphatic rings. The number of H-pyrrole nitrogens is 1. The third-order valence-corrected chi connectivity index (χ3v) is 3.81. The number of piperidine rings is 1. The predicted molar refractivity (Wildman–Crippen MR) is 68.3 cm³/mol. The molecule has 1 amide bonds. The van der Waals surface area contributed by atoms with E-state index in [2.05, 4.69) is 15.3 Å². The molecule has 1 aliphatic carbocycles. The number of carbonyl (C=O) groups excluding carboxylic acids is 1. The first-order valence-corrected chi connectivity index (χ1v) is 6.87. The Labute approximate surface area is 107 Å². The number of aromatic amines is 1. The minimum atomic E-state index is 0.0994. The van der Waals surface area contributed by atoms with E-state index in [-0.39, 0.29) is 5.91 Å². The molecule has 18 heavy (non-hydrogen) atoms. The van der Waals surface area contributed by atoms with Gasteiger partial charge in [-0.3, -0.25) is 4.79 Å². The molecule has 5 heteroatoms. The van der Waals surface area contributed by atoms with Gasteiger partial charge < -0.3 is 15.2 Å². The van der Waals surface area contributed by atoms with Crippen LogP contribution in [0.4, 0.5) is 0 Å². The molecule has 1 aromatic rings. The lowest BCUT2D eigenvalue weighted by atomic mass is 10.0. The molecule has 1 aromatic heterocycles. The average Bonchev–Trinajstić information content (AvgIpc) is 3.10. The van der Waals surface area contributed by atoms with Gasteiger partial charge in [-0.25, -0.2) is 4.98 Å². The first-order chi connectivity index (χ1) is 8.84. The molecule has 0 spiro atoms. The second-order valence-corrected chi connectivity index (χ2v) is 5.30. The maximum absolute atomic E-state index is 12.4. The Morgan fingerprint density at radius 2 is 2.28 bits per heavy atom. The summed E-state index contributed by atoms with van der Waals surface area (Å²) in [6.45, 7) is 1.92. The first kappa shape index (κ1) is 11.7. The molecule has 0 radical (unpaired) electrons. The van der Waals surface area contributed by atoms with Crippen LogP contribution < -0.4 is 5.32 Å². The van der Waals surface area contributed by atoms with Gasteiger partial charge in [-0.05, 0) is 32.2 Å². The Kier molecular flexibility index (Phi) is 3.32. The van der Waals surface area contributed by atoms with Crippen LogP contribution in [0.15, 0.2) is 12.5 Å². The number of aromatic nitrogens is 2. The van der Waals surface area contributed by atoms with Crippen molar-refractivity contribution in [2.45, 2.75) is 44.2 Å². The van der Waals surface area contributed by atoms with Gasteiger partial charge in [0.05, 0.1) is 12.5 Å². The quantitative estimate of drug-likeness (QED) is 0.840. The van der Waals surface area contributed by atoms with Crippen LogP contribution in [0.5, 0.6) is 0 Å². The maximum atomic E-state index is 12.4. The summed E-state index contributed by atoms with van der Waals surface area (Å²) in [5, 5.41) is 3.51. The zero-order valence-corrected chi connectivity index (χ0v) is 10.6. The molecule has 98 valence electrons. The molecule has 1 saturated heterocycles. The first-order valence-electron chi connectivity index (χ1n) is 6.87. The number of hydrogen-bond acceptors (Lipinski definition) is 3. The second kappa shape index (κ2) is 5.10. The fourth-order valence-corrected chi connectivity index (χ4v) is 2.63. The van der Waals surface area contributed by atoms with Crippen molar-refractivity contribution in [3.8, 4) is 0 Å². The van der Waals surface area contributed by atoms with Crippen LogP contribution in [0, 0.1) is 0 Å². The molecular weight excluding hydrogens is 228 g/mol. The number of carbonyl (C=O) groups is 1. The second-order valence-electron chi connectivity index (χ2n) is 5.30. The standard InChI is InChI=1S/C13H20N4O/c18-13(12-7-14-9-16-12)17(11-4-5-11)8-10-3-1-2-6-15-10/h7,9-11,15H,1-6,8H2,(H,14,16). The van der Waals surface area contributed by atoms with E-state index in [4.69, 9.17) is 0 Å². The van der Waals surface area contributed by atoms with E-state index in [1.807, 2.05) is 4.90 Å². The highest BCUT2D eigenvalue weighted by Gasteiger charge is 2.35. The summed E-state index contributed by atoms with van der Waals surface area (Å²) in [6, 6.07) is 0.913. The molecule has 1 aliphatic heterocycles. The van der Waals surface area contributed by atoms with Crippen molar-refractivity contribution in [1.29, 1.82) is 0 Å². The van der Waals surface area contributed by atoms with Crippen molar-refractivity contribution in [3.63, 3.8) is 0 Å². The third kappa shape index (κ3) is 2.56. The maximum Gasteiger partial charge on any atom is 0.272 e. The lowest BCUT2D eigenvalue weighted by molar-refractivity contribution is 0.0712. The monoisotopic (exact) mass is 248 g/mol. The van der Waals surface area contributed by atoms with Crippen molar-refractivity contribution >= 4 is 5.91 Å². The van der Waals surface area contributed by atoms with Crippen LogP contribution in [-0.2, 0) is 0 Å². The van der Waals surface area contributed by atoms with Crippen molar-refractivity contribution in [3.05, 3.63) is 18.2 Å². The van der Waals surface area contributed by atoms with Crippen LogP contribution in [-0.4, -0.2) is 45.9 Å². The lowest BCUT2D eigenvalue weighted by Crippen LogP contribution is -2.46. The molecule has 0 bridgehead atoms. The van der Waals surface area contributed by atoms with E-state index in [9.17, 15) is 4.79 Å². The van der Waals surface area contributed by atoms with Gasteiger partial charge in [0, 0.05) is 18.6 Å². The van der Waals surface area contributed by atoms with E-state index >= 15 is 0 Å². The van der Waals surface area contributed by atoms with E-state index in [0.29, 0.717) is 17.8 Å². The number of rotatable bonds is 4. The summed E-state index contributed by atoms with van der Waals surface area (Å²) < 4.78 is 0. The Balaban J connectivity index is 1.66. The highest BCUT2D eigenvalue weighted by molar-refractivity contribution is 5.92. The van der Waals surface area contributed by atoms with Gasteiger partial charge in [0.15, 0.2) is 0 Å². The Morgan fingerprint density at radius 3 is 2.89 bits per heavy atom. The molecule has 2 N–H and O–H groups in total. The summed E-state index contributed by atoms with van der Waals surface area (Å²) in [6.07, 6.45) is 9.19. The highest BCUT2D eigenvalue weighted by atomic mass is 16.2. The van der Waals surface area contributed by atoms with Gasteiger partial charge in [-0.15, -0.1) is 0 Å². The third-order valence-electron chi connectivity index (χ3n) is 3.81. The molecular formula is C13H20N4O. The fourth-order valence-electron chi connectivity index (χ4n) is 2.63. The molecule has 2 heterocycles. The Hall–Kier alpha value is -1.36. The Bertz CT molecular complexity index is 393. The van der Waals surface area contributed by atoms with Crippen molar-refractivity contribution in [2.75, 3.05) is 13.1 Å². The fraction of sp³-hybridized carbons (Fsp3) is 0.692. The van der Waals surface area contributed by atoms with Crippen LogP contribution >= 0.6 is 0 Å². The largest absolute Gasteiger partial charge is 0.341 e. The van der Waals surface area contributed by atoms with Crippen molar-refractivity contribution in [2.24, 2.45) is 0 Å². The number of hydrogen-bond donors (Lipinski definition) is 2. The molecule has 5 nitrogen and oxygen atoms in total. The molecule has 1 unspecified atom stereocenters. The molecule has 2 fully saturated rings. The van der Waals surface area contributed by atoms with Crippen LogP contribution in [0.25, 0.3) is 0 Å². The van der Waals surface area contributed by atoms with E-state index in [1.165, 1.54) is 19.3 Å². The van der Waals surface area contributed by atoms with E-state index in [0.717, 1.165) is 25.9 Å². The molecule has 0 aromatic carbocycles. The topological polar surface area (TPSA) is 61.0 Å². The zero-order chi connectivity index (χ0) is 12.4. The van der Waals surface area contributed by atoms with Gasteiger partial charge in [0.2, 0.25) is 0 Å². The average molecular weight is 248 g/mol. The molecule has 1 atom stereocenters. The summed E-state index contributed by atoms with van der Waals surface area (Å²) in [5.74, 6) is 0.0994. The molecule has 1 saturated carbocycles. The van der Waals surface area contributed by atoms with Gasteiger partial charge in [0.25, 0.3) is 5.91 Å². The van der Waals surface area contributed by atoms with Crippen molar-refractivity contribution in [1.82, 2.24) is 20.2 Å². The van der Waals surface area contributed by atoms with E-state index in [1.54, 1.807) is 12.5 Å². The minimum Gasteiger partial charge on any atom is -0.341 e. The lowest BCUT2D eigenvalue weighted by Gasteiger charge is -2.30. The minimum absolute atomic E-state index is 0.0994. The normalized spacial score (nSPS) is 23.9. The summed E-state index contributed by atoms with van der Waals surface area (Å²) >= 11 is 0. The number of amides is 1. The molecule has 3 rings (SSSR count). The van der Waals surface area contributed by atoms with Crippen molar-refractivity contribution < 1.29 is 4.79 Å². The van der Waals surface area contributed by atoms with Crippen LogP contribution in [0.3, 0.4) is 0 Å². The smallest absolute Gasteiger partial charge is 0.272 e. The van der Waals surface area contributed by atoms with Gasteiger partial charge >= 0.3 is 0 Å². The number of nitrogens with zero attached hydrogens (tertiary/aromatic N) is 2. The summed E-state index contributed by atoms with van der Waals surface area (Å²) in [5.41, 5.74) is 0.609. The van der Waals surface area contributed by atoms with Gasteiger partial charge in [0.1, 0.15) is 5.69 Å². The van der Waals surface area contributed by atoms with Gasteiger partial charge in [-0.2, -0.15) is 0 Å². The summed E-state index contributed by atoms with van der Waals surface area (Å²) in [7, 11) is 0.